The van der Waals surface area contributed by atoms with Crippen molar-refractivity contribution in [2.45, 2.75) is 0 Å². The second-order valence-electron chi connectivity index (χ2n) is 8.06. The van der Waals surface area contributed by atoms with Gasteiger partial charge in [0.25, 0.3) is 0 Å². The molecule has 0 amide bonds. The molecule has 0 saturated heterocycles. The number of fused-ring (bicyclic) bond motifs is 2. The molecule has 5 aromatic carbocycles. The zero-order valence-electron chi connectivity index (χ0n) is 17.9. The topological polar surface area (TPSA) is 38.7 Å². The highest BCUT2D eigenvalue weighted by Crippen LogP contribution is 2.29. The molecule has 0 spiro atoms. The minimum absolute atomic E-state index is 0.363. The van der Waals surface area contributed by atoms with Crippen LogP contribution in [0.15, 0.2) is 108 Å². The van der Waals surface area contributed by atoms with Crippen molar-refractivity contribution >= 4 is 37.5 Å². The summed E-state index contributed by atoms with van der Waals surface area (Å²) in [6.45, 7) is 0. The summed E-state index contributed by atoms with van der Waals surface area (Å²) in [5.74, 6) is 1.15. The van der Waals surface area contributed by atoms with Gasteiger partial charge in [0.2, 0.25) is 0 Å². The first-order valence-corrected chi connectivity index (χ1v) is 11.6. The van der Waals surface area contributed by atoms with Gasteiger partial charge in [-0.05, 0) is 67.8 Å². The second kappa shape index (κ2) is 8.43. The Morgan fingerprint density at radius 1 is 0.471 bits per heavy atom. The molecular formula is C29H17BrFN3. The van der Waals surface area contributed by atoms with E-state index in [-0.39, 0.29) is 5.82 Å². The number of hydrogen-bond donors (Lipinski definition) is 0. The SMILES string of the molecule is Fc1cc(-c2nc(-c3ccc4ccccc4c3)nc(-c3ccc4ccccc4c3)n2)ccc1Br. The predicted octanol–water partition coefficient (Wildman–Crippen LogP) is 8.08. The number of hydrogen-bond acceptors (Lipinski definition) is 3. The molecule has 0 aliphatic rings. The first-order valence-electron chi connectivity index (χ1n) is 10.8. The van der Waals surface area contributed by atoms with E-state index in [1.807, 2.05) is 36.4 Å². The minimum atomic E-state index is -0.363. The third-order valence-corrected chi connectivity index (χ3v) is 6.47. The summed E-state index contributed by atoms with van der Waals surface area (Å²) in [7, 11) is 0. The summed E-state index contributed by atoms with van der Waals surface area (Å²) in [6, 6.07) is 33.5. The standard InChI is InChI=1S/C29H17BrFN3/c30-25-14-13-24(17-26(25)31)29-33-27(22-11-9-18-5-1-3-7-20(18)15-22)32-28(34-29)23-12-10-19-6-2-4-8-21(19)16-23/h1-17H. The Hall–Kier alpha value is -3.96. The van der Waals surface area contributed by atoms with Crippen LogP contribution in [0.4, 0.5) is 4.39 Å². The molecule has 0 aliphatic heterocycles. The Morgan fingerprint density at radius 2 is 0.882 bits per heavy atom. The monoisotopic (exact) mass is 505 g/mol. The third kappa shape index (κ3) is 3.84. The molecule has 0 unspecified atom stereocenters. The van der Waals surface area contributed by atoms with Crippen molar-refractivity contribution in [3.63, 3.8) is 0 Å². The van der Waals surface area contributed by atoms with Gasteiger partial charge in [-0.25, -0.2) is 19.3 Å². The maximum absolute atomic E-state index is 14.3. The van der Waals surface area contributed by atoms with E-state index in [1.54, 1.807) is 12.1 Å². The van der Waals surface area contributed by atoms with Crippen LogP contribution in [0, 0.1) is 5.82 Å². The van der Waals surface area contributed by atoms with Crippen LogP contribution < -0.4 is 0 Å². The van der Waals surface area contributed by atoms with Gasteiger partial charge in [0, 0.05) is 16.7 Å². The van der Waals surface area contributed by atoms with Crippen molar-refractivity contribution in [3.05, 3.63) is 113 Å². The predicted molar refractivity (Wildman–Crippen MR) is 139 cm³/mol. The van der Waals surface area contributed by atoms with E-state index in [4.69, 9.17) is 15.0 Å². The summed E-state index contributed by atoms with van der Waals surface area (Å²) in [5.41, 5.74) is 2.34. The number of rotatable bonds is 3. The van der Waals surface area contributed by atoms with Gasteiger partial charge in [0.1, 0.15) is 5.82 Å². The molecule has 0 aliphatic carbocycles. The zero-order chi connectivity index (χ0) is 23.1. The van der Waals surface area contributed by atoms with Crippen LogP contribution in [0.5, 0.6) is 0 Å². The summed E-state index contributed by atoms with van der Waals surface area (Å²) in [4.78, 5) is 14.3. The number of halogens is 2. The van der Waals surface area contributed by atoms with Crippen molar-refractivity contribution in [2.75, 3.05) is 0 Å². The van der Waals surface area contributed by atoms with Gasteiger partial charge in [-0.1, -0.05) is 72.8 Å². The van der Waals surface area contributed by atoms with Crippen molar-refractivity contribution < 1.29 is 4.39 Å². The fourth-order valence-electron chi connectivity index (χ4n) is 4.06. The Balaban J connectivity index is 1.57. The number of aromatic nitrogens is 3. The molecule has 0 saturated carbocycles. The van der Waals surface area contributed by atoms with E-state index in [0.717, 1.165) is 32.7 Å². The van der Waals surface area contributed by atoms with Crippen LogP contribution in [0.25, 0.3) is 55.7 Å². The van der Waals surface area contributed by atoms with Gasteiger partial charge in [0.15, 0.2) is 17.5 Å². The molecule has 6 rings (SSSR count). The molecule has 0 bridgehead atoms. The molecule has 1 heterocycles. The van der Waals surface area contributed by atoms with Crippen molar-refractivity contribution in [3.8, 4) is 34.2 Å². The molecule has 6 aromatic rings. The van der Waals surface area contributed by atoms with Crippen LogP contribution in [-0.4, -0.2) is 15.0 Å². The molecular weight excluding hydrogens is 489 g/mol. The van der Waals surface area contributed by atoms with Gasteiger partial charge < -0.3 is 0 Å². The maximum atomic E-state index is 14.3. The van der Waals surface area contributed by atoms with Gasteiger partial charge in [-0.2, -0.15) is 0 Å². The summed E-state index contributed by atoms with van der Waals surface area (Å²) in [6.07, 6.45) is 0. The van der Waals surface area contributed by atoms with Gasteiger partial charge in [-0.3, -0.25) is 0 Å². The lowest BCUT2D eigenvalue weighted by atomic mass is 10.1. The molecule has 162 valence electrons. The highest BCUT2D eigenvalue weighted by molar-refractivity contribution is 9.10. The normalized spacial score (nSPS) is 11.2. The Bertz CT molecular complexity index is 1600. The average Bonchev–Trinajstić information content (AvgIpc) is 2.89. The Morgan fingerprint density at radius 3 is 1.35 bits per heavy atom. The number of benzene rings is 5. The summed E-state index contributed by atoms with van der Waals surface area (Å²) < 4.78 is 14.7. The lowest BCUT2D eigenvalue weighted by Crippen LogP contribution is -2.00. The van der Waals surface area contributed by atoms with E-state index in [9.17, 15) is 4.39 Å². The first-order chi connectivity index (χ1) is 16.6. The van der Waals surface area contributed by atoms with Crippen molar-refractivity contribution in [1.82, 2.24) is 15.0 Å². The van der Waals surface area contributed by atoms with E-state index in [2.05, 4.69) is 64.5 Å². The molecule has 1 aromatic heterocycles. The van der Waals surface area contributed by atoms with Crippen LogP contribution in [0.2, 0.25) is 0 Å². The lowest BCUT2D eigenvalue weighted by Gasteiger charge is -2.10. The van der Waals surface area contributed by atoms with E-state index in [1.165, 1.54) is 6.07 Å². The van der Waals surface area contributed by atoms with Crippen LogP contribution in [0.3, 0.4) is 0 Å². The fourth-order valence-corrected chi connectivity index (χ4v) is 4.30. The largest absolute Gasteiger partial charge is 0.208 e. The fraction of sp³-hybridized carbons (Fsp3) is 0. The van der Waals surface area contributed by atoms with Crippen LogP contribution in [-0.2, 0) is 0 Å². The number of nitrogens with zero attached hydrogens (tertiary/aromatic N) is 3. The molecule has 0 atom stereocenters. The Kier molecular flexibility index (Phi) is 5.12. The Labute approximate surface area is 204 Å². The molecule has 0 N–H and O–H groups in total. The average molecular weight is 506 g/mol. The minimum Gasteiger partial charge on any atom is -0.208 e. The molecule has 0 radical (unpaired) electrons. The quantitative estimate of drug-likeness (QED) is 0.244. The summed E-state index contributed by atoms with van der Waals surface area (Å²) >= 11 is 3.22. The third-order valence-electron chi connectivity index (χ3n) is 5.83. The van der Waals surface area contributed by atoms with Crippen molar-refractivity contribution in [2.24, 2.45) is 0 Å². The lowest BCUT2D eigenvalue weighted by molar-refractivity contribution is 0.621. The van der Waals surface area contributed by atoms with Gasteiger partial charge in [-0.15, -0.1) is 0 Å². The highest BCUT2D eigenvalue weighted by atomic mass is 79.9. The van der Waals surface area contributed by atoms with E-state index in [0.29, 0.717) is 27.5 Å². The van der Waals surface area contributed by atoms with E-state index >= 15 is 0 Å². The van der Waals surface area contributed by atoms with E-state index < -0.39 is 0 Å². The molecule has 5 heteroatoms. The zero-order valence-corrected chi connectivity index (χ0v) is 19.5. The van der Waals surface area contributed by atoms with Gasteiger partial charge >= 0.3 is 0 Å². The first kappa shape index (κ1) is 20.6. The highest BCUT2D eigenvalue weighted by Gasteiger charge is 2.14. The van der Waals surface area contributed by atoms with Gasteiger partial charge in [0.05, 0.1) is 4.47 Å². The summed E-state index contributed by atoms with van der Waals surface area (Å²) in [5, 5.41) is 4.49. The molecule has 3 nitrogen and oxygen atoms in total. The molecule has 34 heavy (non-hydrogen) atoms. The van der Waals surface area contributed by atoms with Crippen molar-refractivity contribution in [1.29, 1.82) is 0 Å². The van der Waals surface area contributed by atoms with Crippen LogP contribution >= 0.6 is 15.9 Å². The maximum Gasteiger partial charge on any atom is 0.164 e. The molecule has 0 fully saturated rings. The smallest absolute Gasteiger partial charge is 0.164 e. The van der Waals surface area contributed by atoms with Crippen LogP contribution in [0.1, 0.15) is 0 Å². The second-order valence-corrected chi connectivity index (χ2v) is 8.91.